The van der Waals surface area contributed by atoms with Gasteiger partial charge in [-0.15, -0.1) is 0 Å². The zero-order chi connectivity index (χ0) is 14.0. The van der Waals surface area contributed by atoms with Gasteiger partial charge in [0.1, 0.15) is 11.0 Å². The van der Waals surface area contributed by atoms with Crippen molar-refractivity contribution in [3.63, 3.8) is 0 Å². The number of benzene rings is 1. The van der Waals surface area contributed by atoms with E-state index in [-0.39, 0.29) is 5.82 Å². The standard InChI is InChI=1S/C13H10Br2ClFN2/c1-2-3-10-11(15)12(16)19-13(18-10)7-4-8(14)6-9(17)5-7/h4-6H,2-3H2,1H3. The molecule has 0 aliphatic carbocycles. The first-order valence-electron chi connectivity index (χ1n) is 5.69. The summed E-state index contributed by atoms with van der Waals surface area (Å²) in [5.41, 5.74) is 1.43. The molecule has 19 heavy (non-hydrogen) atoms. The van der Waals surface area contributed by atoms with E-state index >= 15 is 0 Å². The highest BCUT2D eigenvalue weighted by Crippen LogP contribution is 2.29. The zero-order valence-electron chi connectivity index (χ0n) is 10.1. The van der Waals surface area contributed by atoms with Crippen LogP contribution in [0.1, 0.15) is 19.0 Å². The molecule has 1 aromatic carbocycles. The van der Waals surface area contributed by atoms with Crippen molar-refractivity contribution < 1.29 is 4.39 Å². The summed E-state index contributed by atoms with van der Waals surface area (Å²) in [6.45, 7) is 2.06. The summed E-state index contributed by atoms with van der Waals surface area (Å²) in [6.07, 6.45) is 1.73. The third-order valence-electron chi connectivity index (χ3n) is 2.49. The van der Waals surface area contributed by atoms with Crippen LogP contribution in [-0.4, -0.2) is 9.97 Å². The molecule has 6 heteroatoms. The molecule has 0 saturated heterocycles. The largest absolute Gasteiger partial charge is 0.232 e. The minimum atomic E-state index is -0.343. The number of halogens is 4. The molecule has 0 aliphatic heterocycles. The highest BCUT2D eigenvalue weighted by molar-refractivity contribution is 9.10. The fourth-order valence-electron chi connectivity index (χ4n) is 1.68. The quantitative estimate of drug-likeness (QED) is 0.635. The van der Waals surface area contributed by atoms with Crippen molar-refractivity contribution in [2.45, 2.75) is 19.8 Å². The van der Waals surface area contributed by atoms with Crippen LogP contribution in [0.4, 0.5) is 4.39 Å². The van der Waals surface area contributed by atoms with Crippen LogP contribution >= 0.6 is 43.5 Å². The molecule has 0 spiro atoms. The van der Waals surface area contributed by atoms with Crippen molar-refractivity contribution in [1.29, 1.82) is 0 Å². The first-order chi connectivity index (χ1) is 9.01. The molecule has 0 bridgehead atoms. The van der Waals surface area contributed by atoms with Gasteiger partial charge in [-0.2, -0.15) is 0 Å². The summed E-state index contributed by atoms with van der Waals surface area (Å²) in [7, 11) is 0. The van der Waals surface area contributed by atoms with Crippen LogP contribution in [0.3, 0.4) is 0 Å². The van der Waals surface area contributed by atoms with Gasteiger partial charge >= 0.3 is 0 Å². The highest BCUT2D eigenvalue weighted by Gasteiger charge is 2.12. The van der Waals surface area contributed by atoms with Crippen molar-refractivity contribution in [1.82, 2.24) is 9.97 Å². The fraction of sp³-hybridized carbons (Fsp3) is 0.231. The summed E-state index contributed by atoms with van der Waals surface area (Å²) in [6, 6.07) is 4.54. The third kappa shape index (κ3) is 3.52. The van der Waals surface area contributed by atoms with Crippen LogP contribution < -0.4 is 0 Å². The average molecular weight is 408 g/mol. The lowest BCUT2D eigenvalue weighted by Gasteiger charge is -2.08. The number of aromatic nitrogens is 2. The van der Waals surface area contributed by atoms with Crippen LogP contribution in [0.5, 0.6) is 0 Å². The van der Waals surface area contributed by atoms with Crippen molar-refractivity contribution in [3.05, 3.63) is 43.8 Å². The van der Waals surface area contributed by atoms with E-state index in [0.29, 0.717) is 25.5 Å². The fourth-order valence-corrected chi connectivity index (χ4v) is 2.71. The topological polar surface area (TPSA) is 25.8 Å². The lowest BCUT2D eigenvalue weighted by molar-refractivity contribution is 0.627. The number of hydrogen-bond acceptors (Lipinski definition) is 2. The van der Waals surface area contributed by atoms with Crippen molar-refractivity contribution in [3.8, 4) is 11.4 Å². The SMILES string of the molecule is CCCc1nc(-c2cc(F)cc(Br)c2)nc(Cl)c1Br. The molecule has 0 N–H and O–H groups in total. The molecule has 1 aromatic heterocycles. The van der Waals surface area contributed by atoms with Crippen LogP contribution in [-0.2, 0) is 6.42 Å². The second-order valence-electron chi connectivity index (χ2n) is 4.01. The summed E-state index contributed by atoms with van der Waals surface area (Å²) < 4.78 is 14.8. The zero-order valence-corrected chi connectivity index (χ0v) is 14.0. The Balaban J connectivity index is 2.55. The molecule has 0 radical (unpaired) electrons. The molecule has 0 atom stereocenters. The Morgan fingerprint density at radius 2 is 1.95 bits per heavy atom. The van der Waals surface area contributed by atoms with E-state index < -0.39 is 0 Å². The van der Waals surface area contributed by atoms with Gasteiger partial charge in [0.05, 0.1) is 10.2 Å². The maximum Gasteiger partial charge on any atom is 0.161 e. The molecule has 0 aliphatic rings. The lowest BCUT2D eigenvalue weighted by Crippen LogP contribution is -1.99. The predicted molar refractivity (Wildman–Crippen MR) is 81.8 cm³/mol. The Hall–Kier alpha value is -0.520. The van der Waals surface area contributed by atoms with Crippen molar-refractivity contribution in [2.75, 3.05) is 0 Å². The van der Waals surface area contributed by atoms with Crippen LogP contribution in [0, 0.1) is 5.82 Å². The minimum absolute atomic E-state index is 0.342. The van der Waals surface area contributed by atoms with Gasteiger partial charge in [0.25, 0.3) is 0 Å². The van der Waals surface area contributed by atoms with E-state index in [0.717, 1.165) is 18.5 Å². The molecule has 100 valence electrons. The summed E-state index contributed by atoms with van der Waals surface area (Å²) in [5, 5.41) is 0.342. The van der Waals surface area contributed by atoms with Gasteiger partial charge in [0, 0.05) is 10.0 Å². The van der Waals surface area contributed by atoms with E-state index in [1.165, 1.54) is 12.1 Å². The lowest BCUT2D eigenvalue weighted by atomic mass is 10.2. The van der Waals surface area contributed by atoms with Crippen molar-refractivity contribution >= 4 is 43.5 Å². The molecule has 2 rings (SSSR count). The van der Waals surface area contributed by atoms with E-state index in [1.807, 2.05) is 0 Å². The van der Waals surface area contributed by atoms with Gasteiger partial charge in [-0.1, -0.05) is 40.9 Å². The van der Waals surface area contributed by atoms with Crippen LogP contribution in [0.15, 0.2) is 27.1 Å². The molecular weight excluding hydrogens is 398 g/mol. The Morgan fingerprint density at radius 1 is 1.21 bits per heavy atom. The molecule has 0 fully saturated rings. The average Bonchev–Trinajstić information content (AvgIpc) is 2.33. The predicted octanol–water partition coefficient (Wildman–Crippen LogP) is 5.41. The van der Waals surface area contributed by atoms with Gasteiger partial charge in [-0.05, 0) is 40.5 Å². The summed E-state index contributed by atoms with van der Waals surface area (Å²) >= 11 is 12.7. The van der Waals surface area contributed by atoms with Crippen LogP contribution in [0.2, 0.25) is 5.15 Å². The molecule has 0 unspecified atom stereocenters. The molecule has 2 aromatic rings. The second kappa shape index (κ2) is 6.29. The van der Waals surface area contributed by atoms with Gasteiger partial charge in [-0.25, -0.2) is 14.4 Å². The maximum atomic E-state index is 13.4. The number of hydrogen-bond donors (Lipinski definition) is 0. The summed E-state index contributed by atoms with van der Waals surface area (Å²) in [4.78, 5) is 8.63. The third-order valence-corrected chi connectivity index (χ3v) is 4.28. The van der Waals surface area contributed by atoms with Gasteiger partial charge in [0.15, 0.2) is 5.82 Å². The number of rotatable bonds is 3. The highest BCUT2D eigenvalue weighted by atomic mass is 79.9. The normalized spacial score (nSPS) is 10.8. The Kier molecular flexibility index (Phi) is 4.92. The van der Waals surface area contributed by atoms with Crippen molar-refractivity contribution in [2.24, 2.45) is 0 Å². The van der Waals surface area contributed by atoms with Crippen LogP contribution in [0.25, 0.3) is 11.4 Å². The molecular formula is C13H10Br2ClFN2. The van der Waals surface area contributed by atoms with Gasteiger partial charge in [0.2, 0.25) is 0 Å². The number of nitrogens with zero attached hydrogens (tertiary/aromatic N) is 2. The van der Waals surface area contributed by atoms with Gasteiger partial charge < -0.3 is 0 Å². The monoisotopic (exact) mass is 406 g/mol. The smallest absolute Gasteiger partial charge is 0.161 e. The minimum Gasteiger partial charge on any atom is -0.232 e. The molecule has 0 amide bonds. The summed E-state index contributed by atoms with van der Waals surface area (Å²) in [5.74, 6) is 0.0842. The first kappa shape index (κ1) is 14.9. The second-order valence-corrected chi connectivity index (χ2v) is 6.07. The molecule has 2 nitrogen and oxygen atoms in total. The molecule has 0 saturated carbocycles. The van der Waals surface area contributed by atoms with Gasteiger partial charge in [-0.3, -0.25) is 0 Å². The Bertz CT molecular complexity index is 600. The van der Waals surface area contributed by atoms with E-state index in [4.69, 9.17) is 11.6 Å². The Morgan fingerprint density at radius 3 is 2.58 bits per heavy atom. The number of aryl methyl sites for hydroxylation is 1. The maximum absolute atomic E-state index is 13.4. The van der Waals surface area contributed by atoms with E-state index in [9.17, 15) is 4.39 Å². The first-order valence-corrected chi connectivity index (χ1v) is 7.66. The van der Waals surface area contributed by atoms with E-state index in [2.05, 4.69) is 48.8 Å². The Labute approximate surface area is 132 Å². The van der Waals surface area contributed by atoms with E-state index in [1.54, 1.807) is 6.07 Å². The molecule has 1 heterocycles.